The number of carbonyl (C=O) groups is 1. The Labute approximate surface area is 130 Å². The Kier molecular flexibility index (Phi) is 4.18. The molecule has 2 aromatic rings. The van der Waals surface area contributed by atoms with E-state index in [2.05, 4.69) is 21.9 Å². The van der Waals surface area contributed by atoms with Gasteiger partial charge in [0.25, 0.3) is 0 Å². The van der Waals surface area contributed by atoms with E-state index in [1.165, 1.54) is 0 Å². The first-order chi connectivity index (χ1) is 10.7. The number of carbonyl (C=O) groups excluding carboxylic acids is 1. The summed E-state index contributed by atoms with van der Waals surface area (Å²) < 4.78 is 5.06. The molecule has 0 saturated carbocycles. The summed E-state index contributed by atoms with van der Waals surface area (Å²) in [5.41, 5.74) is 2.03. The molecule has 2 heterocycles. The normalized spacial score (nSPS) is 16.0. The van der Waals surface area contributed by atoms with Crippen molar-refractivity contribution in [3.63, 3.8) is 0 Å². The van der Waals surface area contributed by atoms with Crippen molar-refractivity contribution < 1.29 is 9.53 Å². The third kappa shape index (κ3) is 2.86. The van der Waals surface area contributed by atoms with Gasteiger partial charge in [-0.2, -0.15) is 0 Å². The fraction of sp³-hybridized carbons (Fsp3) is 0.500. The summed E-state index contributed by atoms with van der Waals surface area (Å²) in [6.07, 6.45) is 1.64. The van der Waals surface area contributed by atoms with E-state index in [-0.39, 0.29) is 6.09 Å². The Morgan fingerprint density at radius 1 is 1.41 bits per heavy atom. The minimum Gasteiger partial charge on any atom is -0.450 e. The zero-order valence-electron chi connectivity index (χ0n) is 13.1. The van der Waals surface area contributed by atoms with Crippen LogP contribution < -0.4 is 4.90 Å². The van der Waals surface area contributed by atoms with Gasteiger partial charge in [-0.05, 0) is 31.9 Å². The molecule has 118 valence electrons. The maximum atomic E-state index is 11.7. The minimum absolute atomic E-state index is 0.202. The molecule has 0 unspecified atom stereocenters. The zero-order valence-corrected chi connectivity index (χ0v) is 13.1. The van der Waals surface area contributed by atoms with Gasteiger partial charge in [0.15, 0.2) is 0 Å². The summed E-state index contributed by atoms with van der Waals surface area (Å²) in [5.74, 6) is 0.885. The molecule has 0 spiro atoms. The van der Waals surface area contributed by atoms with Crippen molar-refractivity contribution in [3.8, 4) is 0 Å². The average Bonchev–Trinajstić information content (AvgIpc) is 2.98. The number of aromatic amines is 1. The number of para-hydroxylation sites is 2. The number of imidazole rings is 1. The van der Waals surface area contributed by atoms with Crippen LogP contribution in [0.2, 0.25) is 0 Å². The van der Waals surface area contributed by atoms with Gasteiger partial charge in [-0.3, -0.25) is 0 Å². The van der Waals surface area contributed by atoms with Crippen LogP contribution in [0.15, 0.2) is 24.3 Å². The van der Waals surface area contributed by atoms with Crippen molar-refractivity contribution in [1.82, 2.24) is 14.9 Å². The molecular weight excluding hydrogens is 280 g/mol. The first-order valence-electron chi connectivity index (χ1n) is 7.78. The number of H-pyrrole nitrogens is 1. The predicted octanol–water partition coefficient (Wildman–Crippen LogP) is 2.62. The number of fused-ring (bicyclic) bond motifs is 1. The molecule has 1 fully saturated rings. The summed E-state index contributed by atoms with van der Waals surface area (Å²) in [5, 5.41) is 0. The van der Waals surface area contributed by atoms with E-state index < -0.39 is 0 Å². The fourth-order valence-corrected chi connectivity index (χ4v) is 2.93. The summed E-state index contributed by atoms with van der Waals surface area (Å²) in [7, 11) is 2.06. The highest BCUT2D eigenvalue weighted by Crippen LogP contribution is 2.22. The predicted molar refractivity (Wildman–Crippen MR) is 86.1 cm³/mol. The number of piperidine rings is 1. The second-order valence-electron chi connectivity index (χ2n) is 5.61. The standard InChI is InChI=1S/C16H22N4O2/c1-3-22-16(21)20-10-8-12(9-11-20)19(2)15-17-13-6-4-5-7-14(13)18-15/h4-7,12H,3,8-11H2,1-2H3,(H,17,18). The van der Waals surface area contributed by atoms with E-state index in [0.29, 0.717) is 12.6 Å². The number of anilines is 1. The van der Waals surface area contributed by atoms with E-state index >= 15 is 0 Å². The summed E-state index contributed by atoms with van der Waals surface area (Å²) in [4.78, 5) is 23.7. The van der Waals surface area contributed by atoms with Crippen molar-refractivity contribution in [3.05, 3.63) is 24.3 Å². The van der Waals surface area contributed by atoms with Crippen molar-refractivity contribution in [2.75, 3.05) is 31.6 Å². The van der Waals surface area contributed by atoms with Crippen molar-refractivity contribution >= 4 is 23.1 Å². The molecule has 0 atom stereocenters. The molecule has 0 bridgehead atoms. The average molecular weight is 302 g/mol. The fourth-order valence-electron chi connectivity index (χ4n) is 2.93. The summed E-state index contributed by atoms with van der Waals surface area (Å²) in [6.45, 7) is 3.72. The number of hydrogen-bond donors (Lipinski definition) is 1. The second-order valence-corrected chi connectivity index (χ2v) is 5.61. The summed E-state index contributed by atoms with van der Waals surface area (Å²) >= 11 is 0. The topological polar surface area (TPSA) is 61.5 Å². The molecule has 1 saturated heterocycles. The largest absolute Gasteiger partial charge is 0.450 e. The Morgan fingerprint density at radius 3 is 2.82 bits per heavy atom. The number of aromatic nitrogens is 2. The van der Waals surface area contributed by atoms with Crippen molar-refractivity contribution in [1.29, 1.82) is 0 Å². The maximum Gasteiger partial charge on any atom is 0.409 e. The van der Waals surface area contributed by atoms with Crippen LogP contribution in [0.3, 0.4) is 0 Å². The Hall–Kier alpha value is -2.24. The second kappa shape index (κ2) is 6.25. The molecule has 6 heteroatoms. The highest BCUT2D eigenvalue weighted by molar-refractivity contribution is 5.77. The molecule has 1 aromatic heterocycles. The van der Waals surface area contributed by atoms with Gasteiger partial charge in [0.1, 0.15) is 0 Å². The molecule has 1 aromatic carbocycles. The SMILES string of the molecule is CCOC(=O)N1CCC(N(C)c2nc3ccccc3[nH]2)CC1. The lowest BCUT2D eigenvalue weighted by molar-refractivity contribution is 0.0970. The number of ether oxygens (including phenoxy) is 1. The van der Waals surface area contributed by atoms with Crippen LogP contribution in [0.25, 0.3) is 11.0 Å². The molecule has 0 radical (unpaired) electrons. The van der Waals surface area contributed by atoms with Crippen molar-refractivity contribution in [2.45, 2.75) is 25.8 Å². The smallest absolute Gasteiger partial charge is 0.409 e. The quantitative estimate of drug-likeness (QED) is 0.946. The van der Waals surface area contributed by atoms with Gasteiger partial charge in [-0.25, -0.2) is 9.78 Å². The highest BCUT2D eigenvalue weighted by Gasteiger charge is 2.27. The number of rotatable bonds is 3. The van der Waals surface area contributed by atoms with E-state index in [4.69, 9.17) is 4.74 Å². The number of nitrogens with zero attached hydrogens (tertiary/aromatic N) is 3. The molecular formula is C16H22N4O2. The number of hydrogen-bond acceptors (Lipinski definition) is 4. The van der Waals surface area contributed by atoms with Crippen LogP contribution in [0.1, 0.15) is 19.8 Å². The first kappa shape index (κ1) is 14.7. The lowest BCUT2D eigenvalue weighted by Gasteiger charge is -2.36. The monoisotopic (exact) mass is 302 g/mol. The van der Waals surface area contributed by atoms with Crippen LogP contribution in [-0.4, -0.2) is 53.7 Å². The number of nitrogens with one attached hydrogen (secondary N) is 1. The Bertz CT molecular complexity index is 613. The number of amides is 1. The molecule has 1 aliphatic heterocycles. The highest BCUT2D eigenvalue weighted by atomic mass is 16.6. The number of benzene rings is 1. The van der Waals surface area contributed by atoms with Gasteiger partial charge in [0, 0.05) is 26.2 Å². The molecule has 3 rings (SSSR count). The van der Waals surface area contributed by atoms with Gasteiger partial charge in [-0.15, -0.1) is 0 Å². The lowest BCUT2D eigenvalue weighted by Crippen LogP contribution is -2.46. The van der Waals surface area contributed by atoms with Crippen LogP contribution in [-0.2, 0) is 4.74 Å². The van der Waals surface area contributed by atoms with E-state index in [0.717, 1.165) is 42.9 Å². The Balaban J connectivity index is 1.64. The minimum atomic E-state index is -0.202. The van der Waals surface area contributed by atoms with Crippen molar-refractivity contribution in [2.24, 2.45) is 0 Å². The van der Waals surface area contributed by atoms with Gasteiger partial charge < -0.3 is 19.5 Å². The summed E-state index contributed by atoms with van der Waals surface area (Å²) in [6, 6.07) is 8.41. The molecule has 1 aliphatic rings. The van der Waals surface area contributed by atoms with Crippen LogP contribution in [0, 0.1) is 0 Å². The molecule has 22 heavy (non-hydrogen) atoms. The van der Waals surface area contributed by atoms with E-state index in [9.17, 15) is 4.79 Å². The lowest BCUT2D eigenvalue weighted by atomic mass is 10.0. The molecule has 0 aliphatic carbocycles. The zero-order chi connectivity index (χ0) is 15.5. The van der Waals surface area contributed by atoms with Gasteiger partial charge in [0.2, 0.25) is 5.95 Å². The van der Waals surface area contributed by atoms with Crippen LogP contribution in [0.5, 0.6) is 0 Å². The molecule has 1 N–H and O–H groups in total. The maximum absolute atomic E-state index is 11.7. The van der Waals surface area contributed by atoms with Gasteiger partial charge in [-0.1, -0.05) is 12.1 Å². The molecule has 6 nitrogen and oxygen atoms in total. The van der Waals surface area contributed by atoms with Gasteiger partial charge in [0.05, 0.1) is 17.6 Å². The van der Waals surface area contributed by atoms with Gasteiger partial charge >= 0.3 is 6.09 Å². The third-order valence-corrected chi connectivity index (χ3v) is 4.25. The third-order valence-electron chi connectivity index (χ3n) is 4.25. The van der Waals surface area contributed by atoms with E-state index in [1.54, 1.807) is 4.90 Å². The first-order valence-corrected chi connectivity index (χ1v) is 7.78. The van der Waals surface area contributed by atoms with Crippen LogP contribution in [0.4, 0.5) is 10.7 Å². The number of likely N-dealkylation sites (tertiary alicyclic amines) is 1. The van der Waals surface area contributed by atoms with Crippen LogP contribution >= 0.6 is 0 Å². The Morgan fingerprint density at radius 2 is 2.14 bits per heavy atom. The molecule has 1 amide bonds. The van der Waals surface area contributed by atoms with E-state index in [1.807, 2.05) is 31.2 Å².